The highest BCUT2D eigenvalue weighted by Crippen LogP contribution is 2.44. The van der Waals surface area contributed by atoms with Gasteiger partial charge >= 0.3 is 0 Å². The van der Waals surface area contributed by atoms with Gasteiger partial charge in [-0.15, -0.1) is 11.3 Å². The van der Waals surface area contributed by atoms with Crippen molar-refractivity contribution in [1.82, 2.24) is 15.0 Å². The van der Waals surface area contributed by atoms with E-state index < -0.39 is 0 Å². The van der Waals surface area contributed by atoms with Gasteiger partial charge in [0.2, 0.25) is 0 Å². The standard InChI is InChI=1S/C51H31N3OS/c1-4-12-32(13-5-1)37-27-29-45-44(30-37)41-28-26-38(31-46(41)55-45)51-53-49(35-16-8-3-9-17-35)52-50(54-51)36-24-22-34(23-25-36)40-19-11-21-43-42-20-10-18-39(47(42)56-48(40)43)33-14-6-2-7-15-33/h1-31H. The van der Waals surface area contributed by atoms with Crippen LogP contribution in [0, 0.1) is 0 Å². The van der Waals surface area contributed by atoms with Gasteiger partial charge in [-0.25, -0.2) is 15.0 Å². The lowest BCUT2D eigenvalue weighted by molar-refractivity contribution is 0.669. The molecule has 0 saturated carbocycles. The van der Waals surface area contributed by atoms with Crippen molar-refractivity contribution in [3.63, 3.8) is 0 Å². The van der Waals surface area contributed by atoms with Crippen molar-refractivity contribution < 1.29 is 4.42 Å². The van der Waals surface area contributed by atoms with Crippen LogP contribution < -0.4 is 0 Å². The molecule has 11 rings (SSSR count). The van der Waals surface area contributed by atoms with Gasteiger partial charge in [-0.3, -0.25) is 0 Å². The average molecular weight is 734 g/mol. The lowest BCUT2D eigenvalue weighted by Gasteiger charge is -2.09. The van der Waals surface area contributed by atoms with E-state index in [4.69, 9.17) is 19.4 Å². The molecule has 3 aromatic heterocycles. The molecule has 0 bridgehead atoms. The maximum absolute atomic E-state index is 6.40. The number of aromatic nitrogens is 3. The van der Waals surface area contributed by atoms with Gasteiger partial charge in [-0.2, -0.15) is 0 Å². The summed E-state index contributed by atoms with van der Waals surface area (Å²) in [5.41, 5.74) is 11.5. The predicted octanol–water partition coefficient (Wildman–Crippen LogP) is 14.1. The van der Waals surface area contributed by atoms with Crippen molar-refractivity contribution in [1.29, 1.82) is 0 Å². The Labute approximate surface area is 327 Å². The van der Waals surface area contributed by atoms with Gasteiger partial charge in [0, 0.05) is 47.6 Å². The van der Waals surface area contributed by atoms with Gasteiger partial charge in [0.25, 0.3) is 0 Å². The summed E-state index contributed by atoms with van der Waals surface area (Å²) in [6.45, 7) is 0. The third-order valence-corrected chi connectivity index (χ3v) is 11.9. The molecule has 0 amide bonds. The molecule has 0 spiro atoms. The lowest BCUT2D eigenvalue weighted by Crippen LogP contribution is -2.00. The fraction of sp³-hybridized carbons (Fsp3) is 0. The third-order valence-electron chi connectivity index (χ3n) is 10.6. The molecule has 56 heavy (non-hydrogen) atoms. The first-order valence-electron chi connectivity index (χ1n) is 18.7. The highest BCUT2D eigenvalue weighted by molar-refractivity contribution is 7.26. The summed E-state index contributed by atoms with van der Waals surface area (Å²) in [6.07, 6.45) is 0. The molecule has 0 fully saturated rings. The van der Waals surface area contributed by atoms with Crippen LogP contribution in [0.25, 0.3) is 110 Å². The maximum atomic E-state index is 6.40. The fourth-order valence-corrected chi connectivity index (χ4v) is 9.14. The third kappa shape index (κ3) is 5.56. The van der Waals surface area contributed by atoms with E-state index in [0.717, 1.165) is 49.8 Å². The Kier molecular flexibility index (Phi) is 7.64. The van der Waals surface area contributed by atoms with Gasteiger partial charge in [0.15, 0.2) is 17.5 Å². The Balaban J connectivity index is 0.990. The van der Waals surface area contributed by atoms with Crippen molar-refractivity contribution in [2.45, 2.75) is 0 Å². The fourth-order valence-electron chi connectivity index (χ4n) is 7.77. The van der Waals surface area contributed by atoms with Crippen LogP contribution in [0.15, 0.2) is 192 Å². The minimum absolute atomic E-state index is 0.592. The summed E-state index contributed by atoms with van der Waals surface area (Å²) in [5.74, 6) is 1.83. The summed E-state index contributed by atoms with van der Waals surface area (Å²) >= 11 is 1.87. The van der Waals surface area contributed by atoms with Gasteiger partial charge < -0.3 is 4.42 Å². The molecule has 0 N–H and O–H groups in total. The number of rotatable bonds is 6. The second kappa shape index (κ2) is 13.3. The zero-order valence-electron chi connectivity index (χ0n) is 30.1. The second-order valence-electron chi connectivity index (χ2n) is 14.0. The molecule has 0 aliphatic heterocycles. The van der Waals surface area contributed by atoms with E-state index in [1.165, 1.54) is 42.4 Å². The van der Waals surface area contributed by atoms with Crippen LogP contribution in [0.3, 0.4) is 0 Å². The lowest BCUT2D eigenvalue weighted by atomic mass is 9.99. The molecule has 4 nitrogen and oxygen atoms in total. The molecule has 0 unspecified atom stereocenters. The van der Waals surface area contributed by atoms with Crippen LogP contribution in [0.4, 0.5) is 0 Å². The van der Waals surface area contributed by atoms with Crippen molar-refractivity contribution in [3.8, 4) is 67.5 Å². The Morgan fingerprint density at radius 3 is 1.41 bits per heavy atom. The van der Waals surface area contributed by atoms with Gasteiger partial charge in [0.1, 0.15) is 11.2 Å². The Morgan fingerprint density at radius 2 is 0.786 bits per heavy atom. The molecule has 0 aliphatic carbocycles. The van der Waals surface area contributed by atoms with Crippen molar-refractivity contribution in [2.24, 2.45) is 0 Å². The summed E-state index contributed by atoms with van der Waals surface area (Å²) in [5, 5.41) is 4.70. The van der Waals surface area contributed by atoms with Crippen molar-refractivity contribution in [2.75, 3.05) is 0 Å². The summed E-state index contributed by atoms with van der Waals surface area (Å²) < 4.78 is 8.99. The average Bonchev–Trinajstić information content (AvgIpc) is 3.85. The number of thiophene rings is 1. The SMILES string of the molecule is c1ccc(-c2ccc3oc4cc(-c5nc(-c6ccccc6)nc(-c6ccc(-c7cccc8c7sc7c(-c9ccccc9)cccc78)cc6)n5)ccc4c3c2)cc1. The zero-order chi connectivity index (χ0) is 37.0. The monoisotopic (exact) mass is 733 g/mol. The number of hydrogen-bond acceptors (Lipinski definition) is 5. The molecule has 8 aromatic carbocycles. The van der Waals surface area contributed by atoms with E-state index in [1.54, 1.807) is 0 Å². The normalized spacial score (nSPS) is 11.6. The van der Waals surface area contributed by atoms with Crippen LogP contribution in [0.5, 0.6) is 0 Å². The number of nitrogens with zero attached hydrogens (tertiary/aromatic N) is 3. The highest BCUT2D eigenvalue weighted by Gasteiger charge is 2.17. The van der Waals surface area contributed by atoms with Crippen LogP contribution in [0.1, 0.15) is 0 Å². The van der Waals surface area contributed by atoms with Crippen LogP contribution in [-0.4, -0.2) is 15.0 Å². The molecular weight excluding hydrogens is 703 g/mol. The van der Waals surface area contributed by atoms with Gasteiger partial charge in [-0.1, -0.05) is 164 Å². The quantitative estimate of drug-likeness (QED) is 0.171. The first-order valence-corrected chi connectivity index (χ1v) is 19.5. The summed E-state index contributed by atoms with van der Waals surface area (Å²) in [6, 6.07) is 65.7. The number of furan rings is 1. The summed E-state index contributed by atoms with van der Waals surface area (Å²) in [7, 11) is 0. The molecule has 262 valence electrons. The van der Waals surface area contributed by atoms with Crippen molar-refractivity contribution >= 4 is 53.4 Å². The molecule has 0 atom stereocenters. The molecular formula is C51H31N3OS. The molecule has 11 aromatic rings. The predicted molar refractivity (Wildman–Crippen MR) is 233 cm³/mol. The number of hydrogen-bond donors (Lipinski definition) is 0. The molecule has 5 heteroatoms. The number of benzene rings is 8. The minimum Gasteiger partial charge on any atom is -0.456 e. The molecule has 0 saturated heterocycles. The van der Waals surface area contributed by atoms with Crippen LogP contribution >= 0.6 is 11.3 Å². The second-order valence-corrected chi connectivity index (χ2v) is 15.0. The Hall–Kier alpha value is -7.21. The van der Waals surface area contributed by atoms with Crippen molar-refractivity contribution in [3.05, 3.63) is 188 Å². The van der Waals surface area contributed by atoms with E-state index in [-0.39, 0.29) is 0 Å². The molecule has 3 heterocycles. The van der Waals surface area contributed by atoms with Gasteiger partial charge in [-0.05, 0) is 57.6 Å². The zero-order valence-corrected chi connectivity index (χ0v) is 30.9. The van der Waals surface area contributed by atoms with E-state index in [2.05, 4.69) is 146 Å². The largest absolute Gasteiger partial charge is 0.456 e. The molecule has 0 radical (unpaired) electrons. The summed E-state index contributed by atoms with van der Waals surface area (Å²) in [4.78, 5) is 15.1. The van der Waals surface area contributed by atoms with E-state index in [1.807, 2.05) is 53.8 Å². The number of fused-ring (bicyclic) bond motifs is 6. The topological polar surface area (TPSA) is 51.8 Å². The van der Waals surface area contributed by atoms with Crippen LogP contribution in [0.2, 0.25) is 0 Å². The molecule has 0 aliphatic rings. The minimum atomic E-state index is 0.592. The maximum Gasteiger partial charge on any atom is 0.164 e. The Bertz CT molecular complexity index is 3230. The van der Waals surface area contributed by atoms with Gasteiger partial charge in [0.05, 0.1) is 0 Å². The van der Waals surface area contributed by atoms with E-state index in [0.29, 0.717) is 17.5 Å². The first kappa shape index (κ1) is 32.2. The van der Waals surface area contributed by atoms with E-state index in [9.17, 15) is 0 Å². The smallest absolute Gasteiger partial charge is 0.164 e. The highest BCUT2D eigenvalue weighted by atomic mass is 32.1. The van der Waals surface area contributed by atoms with E-state index >= 15 is 0 Å². The Morgan fingerprint density at radius 1 is 0.304 bits per heavy atom. The first-order chi connectivity index (χ1) is 27.7. The van der Waals surface area contributed by atoms with Crippen LogP contribution in [-0.2, 0) is 0 Å².